The van der Waals surface area contributed by atoms with Crippen molar-refractivity contribution >= 4 is 23.2 Å². The second kappa shape index (κ2) is 9.36. The lowest BCUT2D eigenvalue weighted by atomic mass is 10.2. The van der Waals surface area contributed by atoms with Gasteiger partial charge in [0.05, 0.1) is 17.7 Å². The summed E-state index contributed by atoms with van der Waals surface area (Å²) in [4.78, 5) is 35.9. The van der Waals surface area contributed by atoms with E-state index in [0.29, 0.717) is 11.4 Å². The summed E-state index contributed by atoms with van der Waals surface area (Å²) in [5.41, 5.74) is 6.17. The number of methoxy groups -OCH3 is 1. The van der Waals surface area contributed by atoms with Gasteiger partial charge in [-0.05, 0) is 30.7 Å². The first-order chi connectivity index (χ1) is 13.3. The molecule has 0 aromatic heterocycles. The lowest BCUT2D eigenvalue weighted by Gasteiger charge is -2.24. The number of nitro benzene ring substituents is 1. The van der Waals surface area contributed by atoms with E-state index in [0.717, 1.165) is 5.56 Å². The standard InChI is InChI=1S/C19H21N3O6/c1-13-7-8-15(22(25)26)17(11-13)28-12-19(24)21(10-9-18(20)23)14-5-3-4-6-16(14)27-2/h3-8,11H,9-10,12H2,1-2H3,(H2,20,23). The van der Waals surface area contributed by atoms with E-state index in [9.17, 15) is 19.7 Å². The Morgan fingerprint density at radius 3 is 2.54 bits per heavy atom. The molecular formula is C19H21N3O6. The van der Waals surface area contributed by atoms with Crippen LogP contribution in [0.5, 0.6) is 11.5 Å². The summed E-state index contributed by atoms with van der Waals surface area (Å²) in [5.74, 6) is -0.639. The minimum atomic E-state index is -0.579. The summed E-state index contributed by atoms with van der Waals surface area (Å²) in [6.45, 7) is 1.32. The lowest BCUT2D eigenvalue weighted by Crippen LogP contribution is -2.37. The molecule has 0 unspecified atom stereocenters. The number of primary amides is 1. The molecule has 2 rings (SSSR count). The van der Waals surface area contributed by atoms with Crippen LogP contribution >= 0.6 is 0 Å². The van der Waals surface area contributed by atoms with Gasteiger partial charge in [-0.15, -0.1) is 0 Å². The Morgan fingerprint density at radius 1 is 1.18 bits per heavy atom. The average molecular weight is 387 g/mol. The molecule has 2 N–H and O–H groups in total. The van der Waals surface area contributed by atoms with E-state index in [1.807, 2.05) is 0 Å². The number of ether oxygens (including phenoxy) is 2. The summed E-state index contributed by atoms with van der Waals surface area (Å²) >= 11 is 0. The summed E-state index contributed by atoms with van der Waals surface area (Å²) in [7, 11) is 1.46. The number of hydrogen-bond acceptors (Lipinski definition) is 6. The van der Waals surface area contributed by atoms with Gasteiger partial charge in [0.2, 0.25) is 5.91 Å². The number of nitrogens with two attached hydrogens (primary N) is 1. The van der Waals surface area contributed by atoms with Crippen LogP contribution in [0.2, 0.25) is 0 Å². The molecule has 2 aromatic rings. The van der Waals surface area contributed by atoms with Crippen molar-refractivity contribution in [1.82, 2.24) is 0 Å². The maximum atomic E-state index is 12.8. The van der Waals surface area contributed by atoms with Gasteiger partial charge in [-0.3, -0.25) is 19.7 Å². The first kappa shape index (κ1) is 20.7. The molecule has 0 spiro atoms. The second-order valence-corrected chi connectivity index (χ2v) is 5.95. The fraction of sp³-hybridized carbons (Fsp3) is 0.263. The van der Waals surface area contributed by atoms with Crippen molar-refractivity contribution in [2.75, 3.05) is 25.2 Å². The first-order valence-electron chi connectivity index (χ1n) is 8.43. The number of carbonyl (C=O) groups is 2. The average Bonchev–Trinajstić information content (AvgIpc) is 2.66. The zero-order valence-electron chi connectivity index (χ0n) is 15.6. The third-order valence-electron chi connectivity index (χ3n) is 3.92. The maximum Gasteiger partial charge on any atom is 0.310 e. The van der Waals surface area contributed by atoms with Gasteiger partial charge in [-0.25, -0.2) is 0 Å². The van der Waals surface area contributed by atoms with Crippen molar-refractivity contribution in [3.05, 3.63) is 58.1 Å². The van der Waals surface area contributed by atoms with E-state index in [-0.39, 0.29) is 24.4 Å². The van der Waals surface area contributed by atoms with Crippen LogP contribution in [0.25, 0.3) is 0 Å². The largest absolute Gasteiger partial charge is 0.495 e. The highest BCUT2D eigenvalue weighted by Gasteiger charge is 2.22. The number of para-hydroxylation sites is 2. The van der Waals surface area contributed by atoms with Gasteiger partial charge in [0, 0.05) is 19.0 Å². The molecular weight excluding hydrogens is 366 g/mol. The van der Waals surface area contributed by atoms with E-state index < -0.39 is 23.3 Å². The lowest BCUT2D eigenvalue weighted by molar-refractivity contribution is -0.385. The van der Waals surface area contributed by atoms with Gasteiger partial charge in [-0.2, -0.15) is 0 Å². The smallest absolute Gasteiger partial charge is 0.310 e. The number of rotatable bonds is 9. The molecule has 0 aliphatic rings. The number of amides is 2. The topological polar surface area (TPSA) is 125 Å². The molecule has 0 aliphatic heterocycles. The quantitative estimate of drug-likeness (QED) is 0.519. The van der Waals surface area contributed by atoms with Crippen molar-refractivity contribution in [3.8, 4) is 11.5 Å². The van der Waals surface area contributed by atoms with Crippen molar-refractivity contribution in [3.63, 3.8) is 0 Å². The highest BCUT2D eigenvalue weighted by Crippen LogP contribution is 2.30. The Labute approximate surface area is 161 Å². The van der Waals surface area contributed by atoms with Gasteiger partial charge < -0.3 is 20.1 Å². The Hall–Kier alpha value is -3.62. The number of anilines is 1. The zero-order valence-corrected chi connectivity index (χ0v) is 15.6. The molecule has 28 heavy (non-hydrogen) atoms. The highest BCUT2D eigenvalue weighted by molar-refractivity contribution is 5.96. The SMILES string of the molecule is COc1ccccc1N(CCC(N)=O)C(=O)COc1cc(C)ccc1[N+](=O)[O-]. The summed E-state index contributed by atoms with van der Waals surface area (Å²) < 4.78 is 10.7. The van der Waals surface area contributed by atoms with Crippen molar-refractivity contribution in [1.29, 1.82) is 0 Å². The molecule has 0 radical (unpaired) electrons. The summed E-state index contributed by atoms with van der Waals surface area (Å²) in [6, 6.07) is 11.2. The Kier molecular flexibility index (Phi) is 6.91. The molecule has 0 saturated heterocycles. The third kappa shape index (κ3) is 5.19. The molecule has 0 saturated carbocycles. The van der Waals surface area contributed by atoms with Crippen LogP contribution < -0.4 is 20.1 Å². The summed E-state index contributed by atoms with van der Waals surface area (Å²) in [5, 5.41) is 11.2. The molecule has 0 heterocycles. The Bertz CT molecular complexity index is 884. The molecule has 9 heteroatoms. The molecule has 0 aliphatic carbocycles. The number of carbonyl (C=O) groups excluding carboxylic acids is 2. The fourth-order valence-electron chi connectivity index (χ4n) is 2.56. The van der Waals surface area contributed by atoms with E-state index in [2.05, 4.69) is 0 Å². The molecule has 0 atom stereocenters. The van der Waals surface area contributed by atoms with E-state index in [4.69, 9.17) is 15.2 Å². The van der Waals surface area contributed by atoms with Crippen molar-refractivity contribution < 1.29 is 24.0 Å². The number of nitrogens with zero attached hydrogens (tertiary/aromatic N) is 2. The van der Waals surface area contributed by atoms with Crippen LogP contribution in [0.4, 0.5) is 11.4 Å². The van der Waals surface area contributed by atoms with Gasteiger partial charge in [0.25, 0.3) is 5.91 Å². The molecule has 148 valence electrons. The van der Waals surface area contributed by atoms with Gasteiger partial charge in [-0.1, -0.05) is 18.2 Å². The third-order valence-corrected chi connectivity index (χ3v) is 3.92. The normalized spacial score (nSPS) is 10.2. The number of nitro groups is 1. The van der Waals surface area contributed by atoms with Crippen LogP contribution in [0.15, 0.2) is 42.5 Å². The molecule has 0 bridgehead atoms. The van der Waals surface area contributed by atoms with Crippen LogP contribution in [0.1, 0.15) is 12.0 Å². The predicted octanol–water partition coefficient (Wildman–Crippen LogP) is 2.20. The number of aryl methyl sites for hydroxylation is 1. The van der Waals surface area contributed by atoms with Crippen molar-refractivity contribution in [2.45, 2.75) is 13.3 Å². The van der Waals surface area contributed by atoms with Crippen LogP contribution in [0, 0.1) is 17.0 Å². The van der Waals surface area contributed by atoms with Gasteiger partial charge >= 0.3 is 5.69 Å². The monoisotopic (exact) mass is 387 g/mol. The molecule has 2 aromatic carbocycles. The number of benzene rings is 2. The minimum absolute atomic E-state index is 0.00627. The van der Waals surface area contributed by atoms with Crippen LogP contribution in [-0.2, 0) is 9.59 Å². The highest BCUT2D eigenvalue weighted by atomic mass is 16.6. The Morgan fingerprint density at radius 2 is 1.89 bits per heavy atom. The predicted molar refractivity (Wildman–Crippen MR) is 102 cm³/mol. The second-order valence-electron chi connectivity index (χ2n) is 5.95. The molecule has 9 nitrogen and oxygen atoms in total. The first-order valence-corrected chi connectivity index (χ1v) is 8.43. The summed E-state index contributed by atoms with van der Waals surface area (Å²) in [6.07, 6.45) is -0.0611. The van der Waals surface area contributed by atoms with E-state index in [1.54, 1.807) is 37.3 Å². The number of hydrogen-bond donors (Lipinski definition) is 1. The molecule has 2 amide bonds. The van der Waals surface area contributed by atoms with Gasteiger partial charge in [0.1, 0.15) is 5.75 Å². The van der Waals surface area contributed by atoms with Crippen molar-refractivity contribution in [2.24, 2.45) is 5.73 Å². The Balaban J connectivity index is 2.25. The van der Waals surface area contributed by atoms with Crippen LogP contribution in [-0.4, -0.2) is 37.0 Å². The maximum absolute atomic E-state index is 12.8. The fourth-order valence-corrected chi connectivity index (χ4v) is 2.56. The van der Waals surface area contributed by atoms with Crippen LogP contribution in [0.3, 0.4) is 0 Å². The minimum Gasteiger partial charge on any atom is -0.495 e. The van der Waals surface area contributed by atoms with E-state index in [1.165, 1.54) is 24.1 Å². The molecule has 0 fully saturated rings. The van der Waals surface area contributed by atoms with Gasteiger partial charge in [0.15, 0.2) is 12.4 Å². The van der Waals surface area contributed by atoms with E-state index >= 15 is 0 Å². The zero-order chi connectivity index (χ0) is 20.7.